The molecule has 0 saturated carbocycles. The fourth-order valence-corrected chi connectivity index (χ4v) is 7.22. The van der Waals surface area contributed by atoms with Gasteiger partial charge in [0.1, 0.15) is 17.3 Å². The van der Waals surface area contributed by atoms with Crippen LogP contribution in [-0.4, -0.2) is 77.1 Å². The minimum absolute atomic E-state index is 0.0185. The van der Waals surface area contributed by atoms with Crippen molar-refractivity contribution in [2.45, 2.75) is 96.7 Å². The largest absolute Gasteiger partial charge is 0.505 e. The fraction of sp³-hybridized carbons (Fsp3) is 0.710. The van der Waals surface area contributed by atoms with Crippen LogP contribution in [0.15, 0.2) is 6.07 Å². The van der Waals surface area contributed by atoms with E-state index in [9.17, 15) is 29.7 Å². The predicted molar refractivity (Wildman–Crippen MR) is 157 cm³/mol. The maximum absolute atomic E-state index is 13.6. The predicted octanol–water partition coefficient (Wildman–Crippen LogP) is 3.47. The lowest BCUT2D eigenvalue weighted by atomic mass is 9.73. The van der Waals surface area contributed by atoms with Crippen molar-refractivity contribution in [1.29, 1.82) is 0 Å². The molecule has 2 aliphatic rings. The van der Waals surface area contributed by atoms with Crippen molar-refractivity contribution in [2.75, 3.05) is 37.5 Å². The van der Waals surface area contributed by atoms with E-state index in [4.69, 9.17) is 0 Å². The fourth-order valence-electron chi connectivity index (χ4n) is 7.22. The molecule has 1 aromatic carbocycles. The first kappa shape index (κ1) is 32.0. The van der Waals surface area contributed by atoms with E-state index >= 15 is 0 Å². The van der Waals surface area contributed by atoms with Crippen molar-refractivity contribution in [3.05, 3.63) is 17.2 Å². The van der Waals surface area contributed by atoms with Gasteiger partial charge >= 0.3 is 0 Å². The third-order valence-electron chi connectivity index (χ3n) is 8.40. The SMILES string of the molecule is CC(=O)CC(=O)C(CO)C(CCO)CC1CC(=O)c2c(O)c(NC3CC(C)(C)NC(C)(C)C3)cc(N(C)C)c2C1. The van der Waals surface area contributed by atoms with Crippen molar-refractivity contribution in [2.24, 2.45) is 17.8 Å². The van der Waals surface area contributed by atoms with Gasteiger partial charge in [-0.3, -0.25) is 14.4 Å². The molecule has 1 saturated heterocycles. The minimum Gasteiger partial charge on any atom is -0.505 e. The van der Waals surface area contributed by atoms with E-state index in [2.05, 4.69) is 38.3 Å². The third-order valence-corrected chi connectivity index (χ3v) is 8.40. The van der Waals surface area contributed by atoms with E-state index < -0.39 is 12.5 Å². The molecule has 9 nitrogen and oxygen atoms in total. The molecule has 0 aromatic heterocycles. The number of phenolic OH excluding ortho intramolecular Hbond substituents is 1. The topological polar surface area (TPSA) is 139 Å². The smallest absolute Gasteiger partial charge is 0.167 e. The van der Waals surface area contributed by atoms with Crippen LogP contribution in [0.4, 0.5) is 11.4 Å². The molecule has 1 fully saturated rings. The number of aromatic hydroxyl groups is 1. The van der Waals surface area contributed by atoms with Crippen LogP contribution in [0.3, 0.4) is 0 Å². The van der Waals surface area contributed by atoms with Gasteiger partial charge in [-0.05, 0) is 90.2 Å². The number of ketones is 3. The summed E-state index contributed by atoms with van der Waals surface area (Å²) in [4.78, 5) is 39.8. The normalized spacial score (nSPS) is 21.8. The van der Waals surface area contributed by atoms with Gasteiger partial charge in [-0.1, -0.05) is 0 Å². The Bertz CT molecular complexity index is 1100. The molecule has 1 aromatic rings. The van der Waals surface area contributed by atoms with Crippen molar-refractivity contribution >= 4 is 28.7 Å². The van der Waals surface area contributed by atoms with Gasteiger partial charge in [0.25, 0.3) is 0 Å². The summed E-state index contributed by atoms with van der Waals surface area (Å²) in [5.74, 6) is -2.01. The molecule has 3 atom stereocenters. The number of rotatable bonds is 12. The first-order valence-corrected chi connectivity index (χ1v) is 14.5. The zero-order valence-electron chi connectivity index (χ0n) is 25.3. The van der Waals surface area contributed by atoms with Crippen LogP contribution in [0.5, 0.6) is 5.75 Å². The second-order valence-electron chi connectivity index (χ2n) is 13.5. The Morgan fingerprint density at radius 1 is 1.12 bits per heavy atom. The molecular formula is C31H49N3O6. The van der Waals surface area contributed by atoms with Crippen LogP contribution < -0.4 is 15.5 Å². The Morgan fingerprint density at radius 3 is 2.27 bits per heavy atom. The number of hydrogen-bond donors (Lipinski definition) is 5. The molecule has 224 valence electrons. The summed E-state index contributed by atoms with van der Waals surface area (Å²) in [6, 6.07) is 2.03. The average molecular weight is 560 g/mol. The number of benzene rings is 1. The second kappa shape index (κ2) is 12.6. The van der Waals surface area contributed by atoms with E-state index in [0.717, 1.165) is 24.1 Å². The monoisotopic (exact) mass is 559 g/mol. The molecule has 0 spiro atoms. The number of carbonyl (C=O) groups excluding carboxylic acids is 3. The maximum atomic E-state index is 13.6. The number of aliphatic hydroxyl groups is 2. The number of anilines is 2. The van der Waals surface area contributed by atoms with Crippen molar-refractivity contribution in [1.82, 2.24) is 5.32 Å². The Kier molecular flexibility index (Phi) is 10.1. The Hall–Kier alpha value is -2.49. The summed E-state index contributed by atoms with van der Waals surface area (Å²) in [6.45, 7) is 9.46. The number of aliphatic hydroxyl groups excluding tert-OH is 2. The molecule has 1 aliphatic carbocycles. The highest BCUT2D eigenvalue weighted by atomic mass is 16.3. The van der Waals surface area contributed by atoms with Crippen LogP contribution in [-0.2, 0) is 16.0 Å². The molecular weight excluding hydrogens is 510 g/mol. The number of Topliss-reactive ketones (excluding diaryl/α,β-unsaturated/α-hetero) is 3. The number of hydrogen-bond acceptors (Lipinski definition) is 9. The van der Waals surface area contributed by atoms with Crippen LogP contribution in [0.25, 0.3) is 0 Å². The molecule has 5 N–H and O–H groups in total. The lowest BCUT2D eigenvalue weighted by Crippen LogP contribution is -2.60. The number of phenols is 1. The van der Waals surface area contributed by atoms with Crippen LogP contribution in [0.2, 0.25) is 0 Å². The van der Waals surface area contributed by atoms with Crippen LogP contribution in [0.1, 0.15) is 89.1 Å². The maximum Gasteiger partial charge on any atom is 0.167 e. The van der Waals surface area contributed by atoms with Gasteiger partial charge in [-0.25, -0.2) is 0 Å². The van der Waals surface area contributed by atoms with Gasteiger partial charge in [0.2, 0.25) is 0 Å². The van der Waals surface area contributed by atoms with Crippen LogP contribution in [0, 0.1) is 17.8 Å². The number of nitrogens with one attached hydrogen (secondary N) is 2. The summed E-state index contributed by atoms with van der Waals surface area (Å²) in [5, 5.41) is 38.3. The molecule has 9 heteroatoms. The summed E-state index contributed by atoms with van der Waals surface area (Å²) in [6.07, 6.45) is 2.95. The molecule has 1 heterocycles. The van der Waals surface area contributed by atoms with Gasteiger partial charge in [-0.2, -0.15) is 0 Å². The molecule has 0 amide bonds. The molecule has 3 unspecified atom stereocenters. The highest BCUT2D eigenvalue weighted by molar-refractivity contribution is 6.04. The van der Waals surface area contributed by atoms with Gasteiger partial charge in [0, 0.05) is 55.8 Å². The zero-order chi connectivity index (χ0) is 30.0. The summed E-state index contributed by atoms with van der Waals surface area (Å²) < 4.78 is 0. The van der Waals surface area contributed by atoms with E-state index in [-0.39, 0.29) is 71.5 Å². The highest BCUT2D eigenvalue weighted by Crippen LogP contribution is 2.45. The number of piperidine rings is 1. The van der Waals surface area contributed by atoms with Crippen molar-refractivity contribution < 1.29 is 29.7 Å². The van der Waals surface area contributed by atoms with Crippen molar-refractivity contribution in [3.63, 3.8) is 0 Å². The Labute approximate surface area is 238 Å². The van der Waals surface area contributed by atoms with Crippen molar-refractivity contribution in [3.8, 4) is 5.75 Å². The summed E-state index contributed by atoms with van der Waals surface area (Å²) >= 11 is 0. The van der Waals surface area contributed by atoms with E-state index in [0.29, 0.717) is 30.5 Å². The highest BCUT2D eigenvalue weighted by Gasteiger charge is 2.39. The van der Waals surface area contributed by atoms with Gasteiger partial charge in [0.05, 0.1) is 24.3 Å². The van der Waals surface area contributed by atoms with E-state index in [1.165, 1.54) is 6.92 Å². The Morgan fingerprint density at radius 2 is 1.75 bits per heavy atom. The lowest BCUT2D eigenvalue weighted by molar-refractivity contribution is -0.131. The van der Waals surface area contributed by atoms with Crippen LogP contribution >= 0.6 is 0 Å². The summed E-state index contributed by atoms with van der Waals surface area (Å²) in [5.41, 5.74) is 2.37. The molecule has 1 aliphatic heterocycles. The molecule has 3 rings (SSSR count). The quantitative estimate of drug-likeness (QED) is 0.192. The lowest BCUT2D eigenvalue weighted by Gasteiger charge is -2.47. The number of nitrogens with zero attached hydrogens (tertiary/aromatic N) is 1. The third kappa shape index (κ3) is 7.62. The first-order valence-electron chi connectivity index (χ1n) is 14.5. The molecule has 0 bridgehead atoms. The van der Waals surface area contributed by atoms with E-state index in [1.54, 1.807) is 0 Å². The first-order chi connectivity index (χ1) is 18.6. The average Bonchev–Trinajstić information content (AvgIpc) is 2.78. The minimum atomic E-state index is -0.765. The Balaban J connectivity index is 1.91. The van der Waals surface area contributed by atoms with Gasteiger partial charge in [0.15, 0.2) is 5.78 Å². The number of carbonyl (C=O) groups is 3. The van der Waals surface area contributed by atoms with Gasteiger partial charge in [-0.15, -0.1) is 0 Å². The standard InChI is InChI=1S/C31H49N3O6/c1-18(37)10-26(38)23(17-36)20(8-9-35)11-19-12-22-25(34(6)7)14-24(29(40)28(22)27(39)13-19)32-21-15-30(2,3)33-31(4,5)16-21/h14,19-21,23,32-33,35-36,40H,8-13,15-17H2,1-7H3. The molecule has 40 heavy (non-hydrogen) atoms. The van der Waals surface area contributed by atoms with E-state index in [1.807, 2.05) is 25.1 Å². The van der Waals surface area contributed by atoms with Gasteiger partial charge < -0.3 is 30.9 Å². The zero-order valence-corrected chi connectivity index (χ0v) is 25.3. The summed E-state index contributed by atoms with van der Waals surface area (Å²) in [7, 11) is 3.83. The molecule has 0 radical (unpaired) electrons. The second-order valence-corrected chi connectivity index (χ2v) is 13.5. The number of fused-ring (bicyclic) bond motifs is 1.